The number of piperidine rings is 1. The van der Waals surface area contributed by atoms with E-state index in [1.54, 1.807) is 0 Å². The molecule has 2 heterocycles. The van der Waals surface area contributed by atoms with Gasteiger partial charge in [-0.05, 0) is 55.5 Å². The van der Waals surface area contributed by atoms with Crippen molar-refractivity contribution in [3.63, 3.8) is 0 Å². The Morgan fingerprint density at radius 3 is 2.36 bits per heavy atom. The van der Waals surface area contributed by atoms with E-state index in [0.717, 1.165) is 29.8 Å². The number of anilines is 1. The molecule has 2 N–H and O–H groups in total. The van der Waals surface area contributed by atoms with E-state index in [4.69, 9.17) is 0 Å². The number of carbonyl (C=O) groups excluding carboxylic acids is 1. The maximum absolute atomic E-state index is 12.7. The van der Waals surface area contributed by atoms with Gasteiger partial charge in [0.25, 0.3) is 0 Å². The zero-order valence-corrected chi connectivity index (χ0v) is 19.1. The second kappa shape index (κ2) is 9.07. The minimum Gasteiger partial charge on any atom is -0.326 e. The Kier molecular flexibility index (Phi) is 5.99. The second-order valence-electron chi connectivity index (χ2n) is 8.80. The number of carbonyl (C=O) groups is 1. The molecule has 0 spiro atoms. The van der Waals surface area contributed by atoms with Crippen molar-refractivity contribution in [1.29, 1.82) is 0 Å². The Bertz CT molecular complexity index is 1210. The van der Waals surface area contributed by atoms with E-state index in [1.165, 1.54) is 4.31 Å². The van der Waals surface area contributed by atoms with Gasteiger partial charge in [-0.15, -0.1) is 0 Å². The number of hydrogen-bond acceptors (Lipinski definition) is 5. The van der Waals surface area contributed by atoms with Crippen LogP contribution in [0.2, 0.25) is 0 Å². The normalized spacial score (nSPS) is 17.7. The van der Waals surface area contributed by atoms with Crippen LogP contribution < -0.4 is 5.32 Å². The van der Waals surface area contributed by atoms with Crippen LogP contribution in [-0.2, 0) is 20.6 Å². The van der Waals surface area contributed by atoms with E-state index in [1.807, 2.05) is 54.6 Å². The van der Waals surface area contributed by atoms with Crippen molar-refractivity contribution < 1.29 is 13.2 Å². The lowest BCUT2D eigenvalue weighted by Crippen LogP contribution is -2.41. The van der Waals surface area contributed by atoms with Crippen LogP contribution >= 0.6 is 0 Å². The molecule has 8 nitrogen and oxygen atoms in total. The van der Waals surface area contributed by atoms with Gasteiger partial charge in [-0.3, -0.25) is 9.89 Å². The summed E-state index contributed by atoms with van der Waals surface area (Å²) >= 11 is 0. The van der Waals surface area contributed by atoms with E-state index in [-0.39, 0.29) is 17.6 Å². The monoisotopic (exact) mass is 465 g/mol. The fourth-order valence-electron chi connectivity index (χ4n) is 4.16. The zero-order chi connectivity index (χ0) is 22.8. The van der Waals surface area contributed by atoms with Crippen LogP contribution in [0.1, 0.15) is 43.0 Å². The minimum atomic E-state index is -3.39. The number of H-pyrrole nitrogens is 1. The van der Waals surface area contributed by atoms with Gasteiger partial charge in [0.05, 0.1) is 5.75 Å². The maximum atomic E-state index is 12.7. The highest BCUT2D eigenvalue weighted by Crippen LogP contribution is 2.38. The van der Waals surface area contributed by atoms with Gasteiger partial charge in [-0.1, -0.05) is 30.3 Å². The fraction of sp³-hybridized carbons (Fsp3) is 0.375. The van der Waals surface area contributed by atoms with Crippen LogP contribution in [0.3, 0.4) is 0 Å². The molecule has 1 saturated carbocycles. The van der Waals surface area contributed by atoms with E-state index >= 15 is 0 Å². The minimum absolute atomic E-state index is 0.00986. The van der Waals surface area contributed by atoms with Gasteiger partial charge in [0.1, 0.15) is 5.82 Å². The Hall–Kier alpha value is -3.04. The summed E-state index contributed by atoms with van der Waals surface area (Å²) in [6, 6.07) is 16.7. The molecule has 1 aliphatic heterocycles. The third-order valence-electron chi connectivity index (χ3n) is 6.29. The van der Waals surface area contributed by atoms with Crippen molar-refractivity contribution in [2.45, 2.75) is 37.4 Å². The average molecular weight is 466 g/mol. The molecule has 0 radical (unpaired) electrons. The highest BCUT2D eigenvalue weighted by Gasteiger charge is 2.31. The second-order valence-corrected chi connectivity index (χ2v) is 10.8. The van der Waals surface area contributed by atoms with Gasteiger partial charge in [0.2, 0.25) is 15.9 Å². The third-order valence-corrected chi connectivity index (χ3v) is 8.14. The predicted octanol–water partition coefficient (Wildman–Crippen LogP) is 3.53. The van der Waals surface area contributed by atoms with Crippen molar-refractivity contribution in [3.05, 3.63) is 66.0 Å². The van der Waals surface area contributed by atoms with E-state index in [0.29, 0.717) is 43.4 Å². The molecule has 0 bridgehead atoms. The molecule has 9 heteroatoms. The number of sulfonamides is 1. The maximum Gasteiger partial charge on any atom is 0.227 e. The molecule has 5 rings (SSSR count). The van der Waals surface area contributed by atoms with E-state index in [9.17, 15) is 13.2 Å². The number of nitrogens with zero attached hydrogens (tertiary/aromatic N) is 3. The highest BCUT2D eigenvalue weighted by molar-refractivity contribution is 7.88. The molecule has 172 valence electrons. The molecular weight excluding hydrogens is 438 g/mol. The van der Waals surface area contributed by atoms with Crippen LogP contribution in [0.4, 0.5) is 5.69 Å². The van der Waals surface area contributed by atoms with Crippen LogP contribution in [0, 0.1) is 5.92 Å². The van der Waals surface area contributed by atoms with Crippen molar-refractivity contribution in [2.75, 3.05) is 18.4 Å². The first-order chi connectivity index (χ1) is 16.0. The lowest BCUT2D eigenvalue weighted by Gasteiger charge is -2.30. The summed E-state index contributed by atoms with van der Waals surface area (Å²) in [6.45, 7) is 0.723. The molecule has 2 aliphatic rings. The number of nitrogens with one attached hydrogen (secondary N) is 2. The smallest absolute Gasteiger partial charge is 0.227 e. The number of rotatable bonds is 7. The van der Waals surface area contributed by atoms with Gasteiger partial charge >= 0.3 is 0 Å². The van der Waals surface area contributed by atoms with Crippen molar-refractivity contribution in [2.24, 2.45) is 5.92 Å². The summed E-state index contributed by atoms with van der Waals surface area (Å²) in [6.07, 6.45) is 3.35. The highest BCUT2D eigenvalue weighted by atomic mass is 32.2. The first-order valence-electron chi connectivity index (χ1n) is 11.3. The van der Waals surface area contributed by atoms with E-state index in [2.05, 4.69) is 20.5 Å². The van der Waals surface area contributed by atoms with Crippen LogP contribution in [-0.4, -0.2) is 46.9 Å². The molecule has 1 aromatic heterocycles. The summed E-state index contributed by atoms with van der Waals surface area (Å²) in [4.78, 5) is 17.3. The number of aromatic amines is 1. The molecule has 3 aromatic rings. The largest absolute Gasteiger partial charge is 0.326 e. The molecule has 0 unspecified atom stereocenters. The van der Waals surface area contributed by atoms with Gasteiger partial charge in [0.15, 0.2) is 5.82 Å². The summed E-state index contributed by atoms with van der Waals surface area (Å²) in [5.41, 5.74) is 2.38. The number of benzene rings is 2. The molecule has 33 heavy (non-hydrogen) atoms. The van der Waals surface area contributed by atoms with Gasteiger partial charge in [0, 0.05) is 36.2 Å². The number of aromatic nitrogens is 3. The van der Waals surface area contributed by atoms with Gasteiger partial charge in [-0.2, -0.15) is 5.10 Å². The van der Waals surface area contributed by atoms with Gasteiger partial charge < -0.3 is 5.32 Å². The van der Waals surface area contributed by atoms with Crippen LogP contribution in [0.25, 0.3) is 11.4 Å². The molecule has 0 atom stereocenters. The first kappa shape index (κ1) is 21.8. The quantitative estimate of drug-likeness (QED) is 0.555. The molecule has 2 aromatic carbocycles. The molecule has 1 aliphatic carbocycles. The zero-order valence-electron chi connectivity index (χ0n) is 18.3. The first-order valence-corrected chi connectivity index (χ1v) is 12.9. The summed E-state index contributed by atoms with van der Waals surface area (Å²) < 4.78 is 27.0. The van der Waals surface area contributed by atoms with Crippen molar-refractivity contribution >= 4 is 21.6 Å². The number of amides is 1. The predicted molar refractivity (Wildman–Crippen MR) is 126 cm³/mol. The Morgan fingerprint density at radius 2 is 1.70 bits per heavy atom. The SMILES string of the molecule is O=C(Nc1ccc(-c2n[nH]c(C3CC3)n2)cc1)C1CCN(S(=O)(=O)Cc2ccccc2)CC1. The molecular formula is C24H27N5O3S. The summed E-state index contributed by atoms with van der Waals surface area (Å²) in [5.74, 6) is 1.84. The topological polar surface area (TPSA) is 108 Å². The third kappa shape index (κ3) is 5.15. The lowest BCUT2D eigenvalue weighted by molar-refractivity contribution is -0.120. The standard InChI is InChI=1S/C24H27N5O3S/c30-24(20-12-14-29(15-13-20)33(31,32)16-17-4-2-1-3-5-17)25-21-10-8-19(9-11-21)23-26-22(27-28-23)18-6-7-18/h1-5,8-11,18,20H,6-7,12-16H2,(H,25,30)(H,26,27,28). The Labute approximate surface area is 193 Å². The summed E-state index contributed by atoms with van der Waals surface area (Å²) in [7, 11) is -3.39. The van der Waals surface area contributed by atoms with E-state index < -0.39 is 10.0 Å². The van der Waals surface area contributed by atoms with Crippen LogP contribution in [0.15, 0.2) is 54.6 Å². The fourth-order valence-corrected chi connectivity index (χ4v) is 5.73. The molecule has 2 fully saturated rings. The van der Waals surface area contributed by atoms with Crippen molar-refractivity contribution in [3.8, 4) is 11.4 Å². The number of hydrogen-bond donors (Lipinski definition) is 2. The molecule has 1 saturated heterocycles. The lowest BCUT2D eigenvalue weighted by atomic mass is 9.97. The van der Waals surface area contributed by atoms with Crippen molar-refractivity contribution in [1.82, 2.24) is 19.5 Å². The Balaban J connectivity index is 1.14. The summed E-state index contributed by atoms with van der Waals surface area (Å²) in [5, 5.41) is 10.3. The van der Waals surface area contributed by atoms with Gasteiger partial charge in [-0.25, -0.2) is 17.7 Å². The average Bonchev–Trinajstić information content (AvgIpc) is 3.56. The molecule has 1 amide bonds. The van der Waals surface area contributed by atoms with Crippen LogP contribution in [0.5, 0.6) is 0 Å². The Morgan fingerprint density at radius 1 is 1.00 bits per heavy atom.